The molecule has 0 aliphatic heterocycles. The van der Waals surface area contributed by atoms with Crippen molar-refractivity contribution in [2.45, 2.75) is 18.7 Å². The van der Waals surface area contributed by atoms with E-state index in [0.29, 0.717) is 21.4 Å². The molecule has 3 rings (SSSR count). The first-order chi connectivity index (χ1) is 14.2. The van der Waals surface area contributed by atoms with Gasteiger partial charge in [0.2, 0.25) is 5.91 Å². The minimum absolute atomic E-state index is 0.0773. The molecule has 5 nitrogen and oxygen atoms in total. The van der Waals surface area contributed by atoms with E-state index >= 15 is 0 Å². The van der Waals surface area contributed by atoms with Crippen LogP contribution in [0.25, 0.3) is 0 Å². The minimum Gasteiger partial charge on any atom is -0.324 e. The average molecular weight is 463 g/mol. The number of rotatable bonds is 6. The Kier molecular flexibility index (Phi) is 6.71. The van der Waals surface area contributed by atoms with Crippen LogP contribution < -0.4 is 9.62 Å². The third-order valence-electron chi connectivity index (χ3n) is 4.54. The molecule has 0 bridgehead atoms. The second kappa shape index (κ2) is 9.08. The van der Waals surface area contributed by atoms with Gasteiger partial charge in [-0.1, -0.05) is 53.5 Å². The van der Waals surface area contributed by atoms with Gasteiger partial charge >= 0.3 is 0 Å². The van der Waals surface area contributed by atoms with Crippen molar-refractivity contribution >= 4 is 50.5 Å². The number of carbonyl (C=O) groups excluding carboxylic acids is 1. The van der Waals surface area contributed by atoms with Crippen molar-refractivity contribution in [1.82, 2.24) is 0 Å². The van der Waals surface area contributed by atoms with Crippen LogP contribution in [-0.4, -0.2) is 20.9 Å². The van der Waals surface area contributed by atoms with E-state index in [0.717, 1.165) is 15.4 Å². The quantitative estimate of drug-likeness (QED) is 0.529. The van der Waals surface area contributed by atoms with E-state index in [4.69, 9.17) is 23.2 Å². The standard InChI is InChI=1S/C22H20Cl2N2O3S/c1-15-9-11-18(13-20(15)24)26(30(28,29)19-6-4-3-5-7-19)14-22(27)25-21-12-17(23)10-8-16(21)2/h3-13H,14H2,1-2H3,(H,25,27). The predicted molar refractivity (Wildman–Crippen MR) is 122 cm³/mol. The maximum absolute atomic E-state index is 13.3. The molecular formula is C22H20Cl2N2O3S. The Morgan fingerprint density at radius 2 is 1.60 bits per heavy atom. The molecule has 3 aromatic rings. The number of carbonyl (C=O) groups is 1. The van der Waals surface area contributed by atoms with E-state index < -0.39 is 22.5 Å². The monoisotopic (exact) mass is 462 g/mol. The van der Waals surface area contributed by atoms with Gasteiger partial charge in [-0.2, -0.15) is 0 Å². The highest BCUT2D eigenvalue weighted by atomic mass is 35.5. The van der Waals surface area contributed by atoms with Crippen LogP contribution in [0.3, 0.4) is 0 Å². The van der Waals surface area contributed by atoms with Gasteiger partial charge < -0.3 is 5.32 Å². The van der Waals surface area contributed by atoms with E-state index in [1.165, 1.54) is 18.2 Å². The van der Waals surface area contributed by atoms with Crippen LogP contribution in [0, 0.1) is 13.8 Å². The van der Waals surface area contributed by atoms with Crippen LogP contribution in [0.15, 0.2) is 71.6 Å². The van der Waals surface area contributed by atoms with Crippen molar-refractivity contribution in [3.8, 4) is 0 Å². The summed E-state index contributed by atoms with van der Waals surface area (Å²) in [5.74, 6) is -0.503. The van der Waals surface area contributed by atoms with Gasteiger partial charge in [0.15, 0.2) is 0 Å². The molecule has 0 aliphatic rings. The number of amides is 1. The zero-order valence-corrected chi connectivity index (χ0v) is 18.7. The van der Waals surface area contributed by atoms with Crippen molar-refractivity contribution in [1.29, 1.82) is 0 Å². The normalized spacial score (nSPS) is 11.2. The van der Waals surface area contributed by atoms with Gasteiger partial charge in [0.1, 0.15) is 6.54 Å². The number of anilines is 2. The van der Waals surface area contributed by atoms with Crippen LogP contribution in [0.5, 0.6) is 0 Å². The van der Waals surface area contributed by atoms with Crippen molar-refractivity contribution < 1.29 is 13.2 Å². The highest BCUT2D eigenvalue weighted by Gasteiger charge is 2.27. The van der Waals surface area contributed by atoms with E-state index in [-0.39, 0.29) is 4.90 Å². The number of aryl methyl sites for hydroxylation is 2. The lowest BCUT2D eigenvalue weighted by atomic mass is 10.2. The Balaban J connectivity index is 1.98. The van der Waals surface area contributed by atoms with Crippen molar-refractivity contribution in [3.05, 3.63) is 87.9 Å². The predicted octanol–water partition coefficient (Wildman–Crippen LogP) is 5.44. The van der Waals surface area contributed by atoms with Crippen LogP contribution in [0.1, 0.15) is 11.1 Å². The first-order valence-electron chi connectivity index (χ1n) is 9.08. The number of nitrogens with one attached hydrogen (secondary N) is 1. The summed E-state index contributed by atoms with van der Waals surface area (Å²) in [6, 6.07) is 17.9. The summed E-state index contributed by atoms with van der Waals surface area (Å²) in [5.41, 5.74) is 2.43. The van der Waals surface area contributed by atoms with Gasteiger partial charge in [0.25, 0.3) is 10.0 Å². The Hall–Kier alpha value is -2.54. The number of hydrogen-bond acceptors (Lipinski definition) is 3. The molecule has 0 spiro atoms. The summed E-state index contributed by atoms with van der Waals surface area (Å²) in [4.78, 5) is 12.9. The molecule has 1 amide bonds. The van der Waals surface area contributed by atoms with E-state index in [2.05, 4.69) is 5.32 Å². The van der Waals surface area contributed by atoms with Crippen molar-refractivity contribution in [2.24, 2.45) is 0 Å². The Morgan fingerprint density at radius 1 is 0.933 bits per heavy atom. The van der Waals surface area contributed by atoms with E-state index in [9.17, 15) is 13.2 Å². The van der Waals surface area contributed by atoms with E-state index in [1.807, 2.05) is 13.8 Å². The van der Waals surface area contributed by atoms with E-state index in [1.54, 1.807) is 48.5 Å². The number of halogens is 2. The van der Waals surface area contributed by atoms with Crippen molar-refractivity contribution in [2.75, 3.05) is 16.2 Å². The van der Waals surface area contributed by atoms with Gasteiger partial charge in [0, 0.05) is 15.7 Å². The molecular weight excluding hydrogens is 443 g/mol. The van der Waals surface area contributed by atoms with Gasteiger partial charge in [0.05, 0.1) is 10.6 Å². The first kappa shape index (κ1) is 22.2. The number of hydrogen-bond donors (Lipinski definition) is 1. The molecule has 30 heavy (non-hydrogen) atoms. The molecule has 0 atom stereocenters. The maximum Gasteiger partial charge on any atom is 0.264 e. The molecule has 0 fully saturated rings. The van der Waals surface area contributed by atoms with Gasteiger partial charge in [-0.3, -0.25) is 9.10 Å². The number of sulfonamides is 1. The molecule has 0 aromatic heterocycles. The fraction of sp³-hybridized carbons (Fsp3) is 0.136. The fourth-order valence-corrected chi connectivity index (χ4v) is 4.60. The van der Waals surface area contributed by atoms with Crippen LogP contribution in [0.2, 0.25) is 10.0 Å². The summed E-state index contributed by atoms with van der Waals surface area (Å²) in [6.45, 7) is 3.21. The smallest absolute Gasteiger partial charge is 0.264 e. The molecule has 0 unspecified atom stereocenters. The number of nitrogens with zero attached hydrogens (tertiary/aromatic N) is 1. The third-order valence-corrected chi connectivity index (χ3v) is 6.97. The lowest BCUT2D eigenvalue weighted by molar-refractivity contribution is -0.114. The van der Waals surface area contributed by atoms with Gasteiger partial charge in [-0.05, 0) is 61.4 Å². The SMILES string of the molecule is Cc1ccc(N(CC(=O)Nc2cc(Cl)ccc2C)S(=O)(=O)c2ccccc2)cc1Cl. The third kappa shape index (κ3) is 4.95. The van der Waals surface area contributed by atoms with Gasteiger partial charge in [-0.15, -0.1) is 0 Å². The van der Waals surface area contributed by atoms with Crippen molar-refractivity contribution in [3.63, 3.8) is 0 Å². The molecule has 0 radical (unpaired) electrons. The summed E-state index contributed by atoms with van der Waals surface area (Å²) < 4.78 is 27.7. The maximum atomic E-state index is 13.3. The Bertz CT molecular complexity index is 1180. The van der Waals surface area contributed by atoms with Gasteiger partial charge in [-0.25, -0.2) is 8.42 Å². The topological polar surface area (TPSA) is 66.5 Å². The largest absolute Gasteiger partial charge is 0.324 e. The molecule has 3 aromatic carbocycles. The Labute approximate surface area is 186 Å². The average Bonchev–Trinajstić information content (AvgIpc) is 2.71. The molecule has 8 heteroatoms. The minimum atomic E-state index is -4.00. The summed E-state index contributed by atoms with van der Waals surface area (Å²) in [7, 11) is -4.00. The lowest BCUT2D eigenvalue weighted by Gasteiger charge is -2.24. The zero-order valence-electron chi connectivity index (χ0n) is 16.4. The van der Waals surface area contributed by atoms with Crippen LogP contribution >= 0.6 is 23.2 Å². The second-order valence-electron chi connectivity index (χ2n) is 6.77. The summed E-state index contributed by atoms with van der Waals surface area (Å²) in [5, 5.41) is 3.62. The molecule has 156 valence electrons. The lowest BCUT2D eigenvalue weighted by Crippen LogP contribution is -2.38. The molecule has 0 aliphatic carbocycles. The fourth-order valence-electron chi connectivity index (χ4n) is 2.82. The first-order valence-corrected chi connectivity index (χ1v) is 11.3. The molecule has 1 N–H and O–H groups in total. The zero-order chi connectivity index (χ0) is 21.9. The van der Waals surface area contributed by atoms with Crippen LogP contribution in [0.4, 0.5) is 11.4 Å². The molecule has 0 saturated heterocycles. The Morgan fingerprint density at radius 3 is 2.27 bits per heavy atom. The summed E-state index contributed by atoms with van der Waals surface area (Å²) in [6.07, 6.45) is 0. The highest BCUT2D eigenvalue weighted by Crippen LogP contribution is 2.28. The molecule has 0 saturated carbocycles. The molecule has 0 heterocycles. The highest BCUT2D eigenvalue weighted by molar-refractivity contribution is 7.92. The second-order valence-corrected chi connectivity index (χ2v) is 9.47. The van der Waals surface area contributed by atoms with Crippen LogP contribution in [-0.2, 0) is 14.8 Å². The number of benzene rings is 3. The summed E-state index contributed by atoms with van der Waals surface area (Å²) >= 11 is 12.2.